The highest BCUT2D eigenvalue weighted by Crippen LogP contribution is 2.26. The number of hydrogen-bond donors (Lipinski definition) is 2. The van der Waals surface area contributed by atoms with E-state index in [-0.39, 0.29) is 22.1 Å². The average molecular weight is 487 g/mol. The number of hydrogen-bond acceptors (Lipinski definition) is 5. The summed E-state index contributed by atoms with van der Waals surface area (Å²) >= 11 is 6.15. The Morgan fingerprint density at radius 1 is 0.970 bits per heavy atom. The molecule has 0 aromatic heterocycles. The molecule has 1 amide bonds. The van der Waals surface area contributed by atoms with Gasteiger partial charge in [-0.05, 0) is 80.4 Å². The smallest absolute Gasteiger partial charge is 0.338 e. The van der Waals surface area contributed by atoms with Gasteiger partial charge >= 0.3 is 5.97 Å². The Balaban J connectivity index is 1.84. The second kappa shape index (κ2) is 10.1. The number of carbonyl (C=O) groups excluding carboxylic acids is 2. The minimum absolute atomic E-state index is 0.0123. The lowest BCUT2D eigenvalue weighted by Crippen LogP contribution is -2.17. The van der Waals surface area contributed by atoms with Crippen LogP contribution in [0.3, 0.4) is 0 Å². The Morgan fingerprint density at radius 2 is 1.70 bits per heavy atom. The van der Waals surface area contributed by atoms with Crippen molar-refractivity contribution < 1.29 is 22.7 Å². The first-order chi connectivity index (χ1) is 15.6. The van der Waals surface area contributed by atoms with Crippen LogP contribution in [0.2, 0.25) is 5.02 Å². The van der Waals surface area contributed by atoms with Gasteiger partial charge in [-0.1, -0.05) is 23.7 Å². The van der Waals surface area contributed by atoms with E-state index in [0.29, 0.717) is 22.5 Å². The number of rotatable bonds is 7. The van der Waals surface area contributed by atoms with Crippen molar-refractivity contribution in [1.82, 2.24) is 0 Å². The maximum Gasteiger partial charge on any atom is 0.338 e. The Labute approximate surface area is 197 Å². The Kier molecular flexibility index (Phi) is 7.40. The molecule has 0 radical (unpaired) electrons. The molecule has 172 valence electrons. The van der Waals surface area contributed by atoms with Crippen LogP contribution in [0.25, 0.3) is 0 Å². The quantitative estimate of drug-likeness (QED) is 0.448. The fourth-order valence-corrected chi connectivity index (χ4v) is 4.69. The fourth-order valence-electron chi connectivity index (χ4n) is 3.11. The third-order valence-electron chi connectivity index (χ3n) is 4.74. The van der Waals surface area contributed by atoms with Gasteiger partial charge in [0.25, 0.3) is 15.9 Å². The summed E-state index contributed by atoms with van der Waals surface area (Å²) in [6, 6.07) is 15.6. The SMILES string of the molecule is CCOC(=O)c1ccc(NC(=O)c2ccc(Cl)c(S(=O)(=O)Nc3cccc(C)c3)c2)c(C)c1. The van der Waals surface area contributed by atoms with Gasteiger partial charge in [-0.25, -0.2) is 13.2 Å². The summed E-state index contributed by atoms with van der Waals surface area (Å²) in [5.74, 6) is -0.974. The van der Waals surface area contributed by atoms with Crippen LogP contribution in [0.15, 0.2) is 65.6 Å². The molecule has 0 spiro atoms. The highest BCUT2D eigenvalue weighted by Gasteiger charge is 2.21. The van der Waals surface area contributed by atoms with Crippen molar-refractivity contribution in [2.75, 3.05) is 16.6 Å². The van der Waals surface area contributed by atoms with Crippen molar-refractivity contribution in [3.63, 3.8) is 0 Å². The molecule has 3 aromatic rings. The molecule has 0 aliphatic heterocycles. The number of ether oxygens (including phenoxy) is 1. The molecule has 0 aliphatic carbocycles. The third-order valence-corrected chi connectivity index (χ3v) is 6.60. The molecule has 0 aliphatic rings. The molecule has 0 bridgehead atoms. The van der Waals surface area contributed by atoms with Gasteiger partial charge in [0, 0.05) is 16.9 Å². The van der Waals surface area contributed by atoms with Gasteiger partial charge in [0.05, 0.1) is 17.2 Å². The Hall–Kier alpha value is -3.36. The van der Waals surface area contributed by atoms with E-state index in [1.54, 1.807) is 50.2 Å². The number of aryl methyl sites for hydroxylation is 2. The fraction of sp³-hybridized carbons (Fsp3) is 0.167. The lowest BCUT2D eigenvalue weighted by atomic mass is 10.1. The van der Waals surface area contributed by atoms with E-state index in [0.717, 1.165) is 5.56 Å². The summed E-state index contributed by atoms with van der Waals surface area (Å²) in [6.07, 6.45) is 0. The topological polar surface area (TPSA) is 102 Å². The Bertz CT molecular complexity index is 1320. The van der Waals surface area contributed by atoms with Crippen molar-refractivity contribution in [2.45, 2.75) is 25.7 Å². The summed E-state index contributed by atoms with van der Waals surface area (Å²) in [7, 11) is -4.03. The van der Waals surface area contributed by atoms with E-state index >= 15 is 0 Å². The van der Waals surface area contributed by atoms with Crippen LogP contribution in [0, 0.1) is 13.8 Å². The zero-order chi connectivity index (χ0) is 24.2. The van der Waals surface area contributed by atoms with E-state index < -0.39 is 21.9 Å². The van der Waals surface area contributed by atoms with Crippen LogP contribution >= 0.6 is 11.6 Å². The molecule has 0 unspecified atom stereocenters. The lowest BCUT2D eigenvalue weighted by Gasteiger charge is -2.13. The molecule has 0 saturated carbocycles. The third kappa shape index (κ3) is 5.91. The minimum atomic E-state index is -4.03. The summed E-state index contributed by atoms with van der Waals surface area (Å²) in [6.45, 7) is 5.56. The zero-order valence-corrected chi connectivity index (χ0v) is 19.9. The van der Waals surface area contributed by atoms with Gasteiger partial charge in [-0.15, -0.1) is 0 Å². The predicted octanol–water partition coefficient (Wildman–Crippen LogP) is 5.19. The first kappa shape index (κ1) is 24.3. The molecular weight excluding hydrogens is 464 g/mol. The van der Waals surface area contributed by atoms with Gasteiger partial charge in [-0.3, -0.25) is 9.52 Å². The molecule has 0 saturated heterocycles. The number of amides is 1. The number of anilines is 2. The molecule has 33 heavy (non-hydrogen) atoms. The number of carbonyl (C=O) groups is 2. The molecular formula is C24H23ClN2O5S. The monoisotopic (exact) mass is 486 g/mol. The number of halogens is 1. The second-order valence-corrected chi connectivity index (χ2v) is 9.38. The molecule has 3 aromatic carbocycles. The van der Waals surface area contributed by atoms with Crippen molar-refractivity contribution in [3.8, 4) is 0 Å². The molecule has 7 nitrogen and oxygen atoms in total. The molecule has 0 heterocycles. The van der Waals surface area contributed by atoms with E-state index in [9.17, 15) is 18.0 Å². The van der Waals surface area contributed by atoms with Gasteiger partial charge in [0.1, 0.15) is 4.90 Å². The molecule has 0 fully saturated rings. The molecule has 9 heteroatoms. The van der Waals surface area contributed by atoms with Crippen molar-refractivity contribution in [2.24, 2.45) is 0 Å². The number of nitrogens with one attached hydrogen (secondary N) is 2. The number of sulfonamides is 1. The van der Waals surface area contributed by atoms with Gasteiger partial charge in [-0.2, -0.15) is 0 Å². The van der Waals surface area contributed by atoms with Crippen LogP contribution in [-0.2, 0) is 14.8 Å². The standard InChI is InChI=1S/C24H23ClN2O5S/c1-4-32-24(29)18-9-11-21(16(3)13-18)26-23(28)17-8-10-20(25)22(14-17)33(30,31)27-19-7-5-6-15(2)12-19/h5-14,27H,4H2,1-3H3,(H,26,28). The summed E-state index contributed by atoms with van der Waals surface area (Å²) in [4.78, 5) is 24.5. The maximum atomic E-state index is 12.9. The van der Waals surface area contributed by atoms with Crippen molar-refractivity contribution in [3.05, 3.63) is 87.9 Å². The van der Waals surface area contributed by atoms with E-state index in [2.05, 4.69) is 10.0 Å². The first-order valence-electron chi connectivity index (χ1n) is 10.1. The highest BCUT2D eigenvalue weighted by atomic mass is 35.5. The average Bonchev–Trinajstić information content (AvgIpc) is 2.75. The number of benzene rings is 3. The van der Waals surface area contributed by atoms with E-state index in [1.165, 1.54) is 18.2 Å². The van der Waals surface area contributed by atoms with Crippen LogP contribution in [-0.4, -0.2) is 26.9 Å². The second-order valence-electron chi connectivity index (χ2n) is 7.32. The van der Waals surface area contributed by atoms with Gasteiger partial charge in [0.2, 0.25) is 0 Å². The summed E-state index contributed by atoms with van der Waals surface area (Å²) < 4.78 is 33.3. The lowest BCUT2D eigenvalue weighted by molar-refractivity contribution is 0.0526. The maximum absolute atomic E-state index is 12.9. The normalized spacial score (nSPS) is 11.0. The van der Waals surface area contributed by atoms with Crippen LogP contribution in [0.4, 0.5) is 11.4 Å². The molecule has 3 rings (SSSR count). The highest BCUT2D eigenvalue weighted by molar-refractivity contribution is 7.92. The molecule has 0 atom stereocenters. The Morgan fingerprint density at radius 3 is 2.36 bits per heavy atom. The molecule has 2 N–H and O–H groups in total. The van der Waals surface area contributed by atoms with E-state index in [4.69, 9.17) is 16.3 Å². The van der Waals surface area contributed by atoms with Crippen molar-refractivity contribution >= 4 is 44.9 Å². The van der Waals surface area contributed by atoms with Gasteiger partial charge < -0.3 is 10.1 Å². The largest absolute Gasteiger partial charge is 0.462 e. The predicted molar refractivity (Wildman–Crippen MR) is 129 cm³/mol. The van der Waals surface area contributed by atoms with Gasteiger partial charge in [0.15, 0.2) is 0 Å². The number of esters is 1. The van der Waals surface area contributed by atoms with Crippen LogP contribution < -0.4 is 10.0 Å². The minimum Gasteiger partial charge on any atom is -0.462 e. The van der Waals surface area contributed by atoms with Crippen LogP contribution in [0.1, 0.15) is 38.8 Å². The van der Waals surface area contributed by atoms with Crippen molar-refractivity contribution in [1.29, 1.82) is 0 Å². The summed E-state index contributed by atoms with van der Waals surface area (Å²) in [5.41, 5.74) is 2.88. The summed E-state index contributed by atoms with van der Waals surface area (Å²) in [5, 5.41) is 2.72. The van der Waals surface area contributed by atoms with Crippen LogP contribution in [0.5, 0.6) is 0 Å². The first-order valence-corrected chi connectivity index (χ1v) is 11.9. The zero-order valence-electron chi connectivity index (χ0n) is 18.3. The van der Waals surface area contributed by atoms with E-state index in [1.807, 2.05) is 13.0 Å².